The van der Waals surface area contributed by atoms with E-state index in [4.69, 9.17) is 19.8 Å². The SMILES string of the molecule is Cc1nc(N2C[C@@H]3C[C@H]2CO3)cc(-n2ncc3cc(C)c(C4CCC(C)(O)CC4)cc32)n1. The quantitative estimate of drug-likeness (QED) is 0.677. The van der Waals surface area contributed by atoms with E-state index in [-0.39, 0.29) is 0 Å². The van der Waals surface area contributed by atoms with E-state index >= 15 is 0 Å². The Morgan fingerprint density at radius 1 is 1.09 bits per heavy atom. The number of aryl methyl sites for hydroxylation is 2. The third kappa shape index (κ3) is 3.39. The monoisotopic (exact) mass is 433 g/mol. The van der Waals surface area contributed by atoms with Gasteiger partial charge in [0, 0.05) is 18.0 Å². The predicted molar refractivity (Wildman–Crippen MR) is 123 cm³/mol. The first kappa shape index (κ1) is 20.1. The number of benzene rings is 1. The number of nitrogens with zero attached hydrogens (tertiary/aromatic N) is 5. The first-order valence-electron chi connectivity index (χ1n) is 11.8. The van der Waals surface area contributed by atoms with E-state index < -0.39 is 5.60 Å². The second kappa shape index (κ2) is 7.25. The van der Waals surface area contributed by atoms with Gasteiger partial charge in [-0.3, -0.25) is 0 Å². The smallest absolute Gasteiger partial charge is 0.159 e. The first-order chi connectivity index (χ1) is 15.4. The minimum Gasteiger partial charge on any atom is -0.390 e. The van der Waals surface area contributed by atoms with Crippen LogP contribution in [-0.2, 0) is 4.74 Å². The van der Waals surface area contributed by atoms with E-state index in [0.717, 1.165) is 73.6 Å². The lowest BCUT2D eigenvalue weighted by Gasteiger charge is -2.34. The number of ether oxygens (including phenoxy) is 1. The molecule has 1 saturated carbocycles. The molecule has 0 radical (unpaired) electrons. The fraction of sp³-hybridized carbons (Fsp3) is 0.560. The summed E-state index contributed by atoms with van der Waals surface area (Å²) >= 11 is 0. The van der Waals surface area contributed by atoms with Gasteiger partial charge in [0.1, 0.15) is 11.6 Å². The molecule has 2 bridgehead atoms. The topological polar surface area (TPSA) is 76.3 Å². The Kier molecular flexibility index (Phi) is 4.56. The first-order valence-corrected chi connectivity index (χ1v) is 11.8. The summed E-state index contributed by atoms with van der Waals surface area (Å²) in [6.45, 7) is 7.78. The molecule has 1 N–H and O–H groups in total. The second-order valence-electron chi connectivity index (χ2n) is 10.2. The highest BCUT2D eigenvalue weighted by Crippen LogP contribution is 2.40. The van der Waals surface area contributed by atoms with Crippen molar-refractivity contribution in [2.24, 2.45) is 0 Å². The molecule has 2 aliphatic heterocycles. The normalized spacial score (nSPS) is 29.9. The molecule has 0 spiro atoms. The number of aromatic nitrogens is 4. The predicted octanol–water partition coefficient (Wildman–Crippen LogP) is 3.82. The number of anilines is 1. The fourth-order valence-electron chi connectivity index (χ4n) is 5.85. The standard InChI is InChI=1S/C25H31N5O2/c1-15-8-18-12-26-30(22(18)10-21(15)17-4-6-25(3,31)7-5-17)24-11-23(27-16(2)28-24)29-13-20-9-19(29)14-32-20/h8,10-12,17,19-20,31H,4-7,9,13-14H2,1-3H3/t17?,19-,20-,25?/m0/s1. The van der Waals surface area contributed by atoms with Crippen molar-refractivity contribution in [3.8, 4) is 5.82 Å². The molecule has 2 saturated heterocycles. The maximum atomic E-state index is 10.4. The van der Waals surface area contributed by atoms with E-state index in [1.165, 1.54) is 11.1 Å². The molecule has 2 atom stereocenters. The molecule has 3 fully saturated rings. The van der Waals surface area contributed by atoms with Gasteiger partial charge in [0.25, 0.3) is 0 Å². The number of rotatable bonds is 3. The van der Waals surface area contributed by atoms with Gasteiger partial charge in [-0.05, 0) is 82.1 Å². The summed E-state index contributed by atoms with van der Waals surface area (Å²) in [4.78, 5) is 11.8. The molecule has 4 heterocycles. The van der Waals surface area contributed by atoms with Crippen molar-refractivity contribution < 1.29 is 9.84 Å². The average Bonchev–Trinajstić information content (AvgIpc) is 3.48. The van der Waals surface area contributed by atoms with Gasteiger partial charge in [-0.25, -0.2) is 14.6 Å². The van der Waals surface area contributed by atoms with Crippen LogP contribution in [0.1, 0.15) is 61.9 Å². The highest BCUT2D eigenvalue weighted by molar-refractivity contribution is 5.82. The number of fused-ring (bicyclic) bond motifs is 3. The third-order valence-electron chi connectivity index (χ3n) is 7.68. The maximum absolute atomic E-state index is 10.4. The van der Waals surface area contributed by atoms with Gasteiger partial charge in [-0.15, -0.1) is 0 Å². The van der Waals surface area contributed by atoms with E-state index in [0.29, 0.717) is 18.1 Å². The number of hydrogen-bond donors (Lipinski definition) is 1. The summed E-state index contributed by atoms with van der Waals surface area (Å²) in [6.07, 6.45) is 7.08. The van der Waals surface area contributed by atoms with Crippen LogP contribution in [0.5, 0.6) is 0 Å². The minimum absolute atomic E-state index is 0.325. The average molecular weight is 434 g/mol. The van der Waals surface area contributed by atoms with Gasteiger partial charge in [0.15, 0.2) is 5.82 Å². The lowest BCUT2D eigenvalue weighted by Crippen LogP contribution is -2.37. The minimum atomic E-state index is -0.523. The van der Waals surface area contributed by atoms with Crippen LogP contribution in [0, 0.1) is 13.8 Å². The Bertz CT molecular complexity index is 1180. The molecule has 3 aromatic rings. The summed E-state index contributed by atoms with van der Waals surface area (Å²) in [5, 5.41) is 16.2. The van der Waals surface area contributed by atoms with Crippen molar-refractivity contribution >= 4 is 16.7 Å². The number of morpholine rings is 1. The number of aliphatic hydroxyl groups is 1. The Hall–Kier alpha value is -2.51. The van der Waals surface area contributed by atoms with Crippen molar-refractivity contribution in [2.45, 2.75) is 76.5 Å². The van der Waals surface area contributed by atoms with Crippen molar-refractivity contribution in [3.63, 3.8) is 0 Å². The third-order valence-corrected chi connectivity index (χ3v) is 7.68. The Labute approximate surface area is 188 Å². The van der Waals surface area contributed by atoms with E-state index in [2.05, 4.69) is 30.0 Å². The molecular formula is C25H31N5O2. The van der Waals surface area contributed by atoms with Crippen molar-refractivity contribution in [1.82, 2.24) is 19.7 Å². The maximum Gasteiger partial charge on any atom is 0.159 e. The molecule has 7 heteroatoms. The molecule has 3 aliphatic rings. The summed E-state index contributed by atoms with van der Waals surface area (Å²) in [7, 11) is 0. The van der Waals surface area contributed by atoms with Gasteiger partial charge < -0.3 is 14.7 Å². The summed E-state index contributed by atoms with van der Waals surface area (Å²) in [5.41, 5.74) is 3.23. The molecule has 2 aromatic heterocycles. The Balaban J connectivity index is 1.38. The zero-order valence-electron chi connectivity index (χ0n) is 19.1. The summed E-state index contributed by atoms with van der Waals surface area (Å²) < 4.78 is 7.73. The van der Waals surface area contributed by atoms with Crippen LogP contribution in [0.3, 0.4) is 0 Å². The lowest BCUT2D eigenvalue weighted by atomic mass is 9.76. The molecule has 32 heavy (non-hydrogen) atoms. The zero-order chi connectivity index (χ0) is 22.0. The van der Waals surface area contributed by atoms with Crippen LogP contribution in [-0.4, -0.2) is 55.8 Å². The van der Waals surface area contributed by atoms with Crippen LogP contribution in [0.2, 0.25) is 0 Å². The highest BCUT2D eigenvalue weighted by Gasteiger charge is 2.40. The van der Waals surface area contributed by atoms with Crippen molar-refractivity contribution in [1.29, 1.82) is 0 Å². The molecule has 0 amide bonds. The Morgan fingerprint density at radius 3 is 2.59 bits per heavy atom. The second-order valence-corrected chi connectivity index (χ2v) is 10.2. The van der Waals surface area contributed by atoms with Crippen LogP contribution >= 0.6 is 0 Å². The van der Waals surface area contributed by atoms with Gasteiger partial charge in [-0.1, -0.05) is 0 Å². The number of hydrogen-bond acceptors (Lipinski definition) is 6. The lowest BCUT2D eigenvalue weighted by molar-refractivity contribution is 0.0171. The van der Waals surface area contributed by atoms with E-state index in [9.17, 15) is 5.11 Å². The van der Waals surface area contributed by atoms with Crippen LogP contribution in [0.15, 0.2) is 24.4 Å². The molecule has 7 nitrogen and oxygen atoms in total. The van der Waals surface area contributed by atoms with Crippen LogP contribution in [0.25, 0.3) is 16.7 Å². The van der Waals surface area contributed by atoms with Crippen molar-refractivity contribution in [3.05, 3.63) is 41.3 Å². The van der Waals surface area contributed by atoms with Crippen LogP contribution in [0.4, 0.5) is 5.82 Å². The van der Waals surface area contributed by atoms with Gasteiger partial charge in [-0.2, -0.15) is 5.10 Å². The largest absolute Gasteiger partial charge is 0.390 e. The molecule has 1 aliphatic carbocycles. The molecule has 168 valence electrons. The van der Waals surface area contributed by atoms with Crippen molar-refractivity contribution in [2.75, 3.05) is 18.1 Å². The van der Waals surface area contributed by atoms with Gasteiger partial charge >= 0.3 is 0 Å². The Morgan fingerprint density at radius 2 is 1.88 bits per heavy atom. The van der Waals surface area contributed by atoms with Crippen LogP contribution < -0.4 is 4.90 Å². The molecule has 0 unspecified atom stereocenters. The van der Waals surface area contributed by atoms with Gasteiger partial charge in [0.05, 0.1) is 36.1 Å². The summed E-state index contributed by atoms with van der Waals surface area (Å²) in [6, 6.07) is 7.02. The fourth-order valence-corrected chi connectivity index (χ4v) is 5.85. The molecular weight excluding hydrogens is 402 g/mol. The van der Waals surface area contributed by atoms with E-state index in [1.54, 1.807) is 0 Å². The zero-order valence-corrected chi connectivity index (χ0v) is 19.1. The molecule has 6 rings (SSSR count). The highest BCUT2D eigenvalue weighted by atomic mass is 16.5. The summed E-state index contributed by atoms with van der Waals surface area (Å²) in [5.74, 6) is 3.01. The van der Waals surface area contributed by atoms with E-state index in [1.807, 2.05) is 24.7 Å². The molecule has 1 aromatic carbocycles. The van der Waals surface area contributed by atoms with Gasteiger partial charge in [0.2, 0.25) is 0 Å².